The fraction of sp³-hybridized carbons (Fsp3) is 0.800. The fourth-order valence-corrected chi connectivity index (χ4v) is 0.454. The second kappa shape index (κ2) is 16.6. The van der Waals surface area contributed by atoms with Gasteiger partial charge in [-0.3, -0.25) is 4.79 Å². The van der Waals surface area contributed by atoms with Crippen molar-refractivity contribution in [2.75, 3.05) is 13.1 Å². The van der Waals surface area contributed by atoms with E-state index in [1.807, 2.05) is 0 Å². The Hall–Kier alpha value is -1.91. The van der Waals surface area contributed by atoms with Crippen LogP contribution in [0.15, 0.2) is 10.2 Å². The van der Waals surface area contributed by atoms with Crippen molar-refractivity contribution < 1.29 is 9.90 Å². The predicted octanol–water partition coefficient (Wildman–Crippen LogP) is 2.09. The monoisotopic (exact) mass is 186 g/mol. The van der Waals surface area contributed by atoms with Gasteiger partial charge in [-0.05, 0) is 23.9 Å². The van der Waals surface area contributed by atoms with Crippen LogP contribution >= 0.6 is 0 Å². The van der Waals surface area contributed by atoms with Crippen LogP contribution in [-0.4, -0.2) is 24.7 Å². The molecule has 8 nitrogen and oxygen atoms in total. The van der Waals surface area contributed by atoms with Crippen LogP contribution in [0.4, 0.5) is 0 Å². The normalized spacial score (nSPS) is 6.77. The van der Waals surface area contributed by atoms with Crippen LogP contribution in [0.5, 0.6) is 0 Å². The van der Waals surface area contributed by atoms with E-state index in [4.69, 9.17) is 21.0 Å². The summed E-state index contributed by atoms with van der Waals surface area (Å²) in [5.74, 6) is 0. The number of hydrogen-bond donors (Lipinski definition) is 1. The number of nitrogens with zero attached hydrogens (tertiary/aromatic N) is 6. The second-order valence-electron chi connectivity index (χ2n) is 1.72. The van der Waals surface area contributed by atoms with E-state index in [1.165, 1.54) is 0 Å². The Labute approximate surface area is 74.4 Å². The molecule has 0 saturated heterocycles. The van der Waals surface area contributed by atoms with E-state index in [1.54, 1.807) is 0 Å². The van der Waals surface area contributed by atoms with Gasteiger partial charge in [0.2, 0.25) is 0 Å². The van der Waals surface area contributed by atoms with Gasteiger partial charge < -0.3 is 5.11 Å². The summed E-state index contributed by atoms with van der Waals surface area (Å²) in [5, 5.41) is 13.5. The van der Waals surface area contributed by atoms with Crippen molar-refractivity contribution in [3.05, 3.63) is 20.9 Å². The highest BCUT2D eigenvalue weighted by atomic mass is 16.3. The summed E-state index contributed by atoms with van der Waals surface area (Å²) in [7, 11) is 0. The average molecular weight is 186 g/mol. The average Bonchev–Trinajstić information content (AvgIpc) is 2.13. The zero-order chi connectivity index (χ0) is 10.4. The molecule has 13 heavy (non-hydrogen) atoms. The smallest absolute Gasteiger partial charge is 0.290 e. The first kappa shape index (κ1) is 13.7. The van der Waals surface area contributed by atoms with Gasteiger partial charge in [-0.2, -0.15) is 0 Å². The van der Waals surface area contributed by atoms with E-state index >= 15 is 0 Å². The molecule has 0 spiro atoms. The van der Waals surface area contributed by atoms with Crippen LogP contribution in [0.25, 0.3) is 20.9 Å². The van der Waals surface area contributed by atoms with Crippen molar-refractivity contribution in [2.45, 2.75) is 12.8 Å². The summed E-state index contributed by atoms with van der Waals surface area (Å²) in [6.07, 6.45) is 1.56. The summed E-state index contributed by atoms with van der Waals surface area (Å²) < 4.78 is 0. The SMILES string of the molecule is O=CO.[N-]=[N+]=NCCCCN=[N+]=[N-]. The number of unbranched alkanes of at least 4 members (excludes halogenated alkanes) is 1. The van der Waals surface area contributed by atoms with Crippen LogP contribution in [0.3, 0.4) is 0 Å². The molecule has 0 amide bonds. The van der Waals surface area contributed by atoms with E-state index < -0.39 is 0 Å². The summed E-state index contributed by atoms with van der Waals surface area (Å²) >= 11 is 0. The Morgan fingerprint density at radius 3 is 1.69 bits per heavy atom. The van der Waals surface area contributed by atoms with Gasteiger partial charge in [0.05, 0.1) is 0 Å². The first-order chi connectivity index (χ1) is 6.33. The maximum absolute atomic E-state index is 8.36. The van der Waals surface area contributed by atoms with Gasteiger partial charge in [-0.1, -0.05) is 10.2 Å². The van der Waals surface area contributed by atoms with Crippen LogP contribution in [0.2, 0.25) is 0 Å². The van der Waals surface area contributed by atoms with Gasteiger partial charge >= 0.3 is 0 Å². The quantitative estimate of drug-likeness (QED) is 0.231. The van der Waals surface area contributed by atoms with E-state index in [9.17, 15) is 0 Å². The zero-order valence-electron chi connectivity index (χ0n) is 6.94. The molecule has 0 fully saturated rings. The lowest BCUT2D eigenvalue weighted by atomic mass is 10.3. The molecule has 0 aliphatic heterocycles. The number of carboxylic acid groups (broad SMARTS) is 1. The molecule has 0 saturated carbocycles. The maximum atomic E-state index is 8.36. The molecular weight excluding hydrogens is 176 g/mol. The van der Waals surface area contributed by atoms with Crippen LogP contribution in [-0.2, 0) is 4.79 Å². The van der Waals surface area contributed by atoms with E-state index in [0.717, 1.165) is 12.8 Å². The summed E-state index contributed by atoms with van der Waals surface area (Å²) in [6.45, 7) is 0.717. The van der Waals surface area contributed by atoms with Gasteiger partial charge in [0.1, 0.15) is 0 Å². The zero-order valence-corrected chi connectivity index (χ0v) is 6.94. The fourth-order valence-electron chi connectivity index (χ4n) is 0.454. The van der Waals surface area contributed by atoms with Crippen molar-refractivity contribution >= 4 is 6.47 Å². The number of rotatable bonds is 5. The molecule has 0 unspecified atom stereocenters. The highest BCUT2D eigenvalue weighted by Gasteiger charge is 1.82. The molecule has 0 aromatic carbocycles. The van der Waals surface area contributed by atoms with E-state index in [-0.39, 0.29) is 6.47 Å². The van der Waals surface area contributed by atoms with Crippen molar-refractivity contribution in [3.8, 4) is 0 Å². The molecule has 72 valence electrons. The first-order valence-corrected chi connectivity index (χ1v) is 3.43. The highest BCUT2D eigenvalue weighted by molar-refractivity contribution is 5.32. The van der Waals surface area contributed by atoms with Gasteiger partial charge in [0, 0.05) is 22.9 Å². The largest absolute Gasteiger partial charge is 0.483 e. The Balaban J connectivity index is 0. The van der Waals surface area contributed by atoms with Gasteiger partial charge in [0.25, 0.3) is 6.47 Å². The Bertz CT molecular complexity index is 185. The highest BCUT2D eigenvalue weighted by Crippen LogP contribution is 1.90. The molecule has 0 radical (unpaired) electrons. The third-order valence-electron chi connectivity index (χ3n) is 0.893. The molecular formula is C5H10N6O2. The van der Waals surface area contributed by atoms with E-state index in [2.05, 4.69) is 20.1 Å². The van der Waals surface area contributed by atoms with Crippen molar-refractivity contribution in [3.63, 3.8) is 0 Å². The van der Waals surface area contributed by atoms with Gasteiger partial charge in [0.15, 0.2) is 0 Å². The van der Waals surface area contributed by atoms with Crippen LogP contribution in [0, 0.1) is 0 Å². The lowest BCUT2D eigenvalue weighted by Gasteiger charge is -1.87. The minimum atomic E-state index is -0.250. The molecule has 0 aromatic rings. The summed E-state index contributed by atoms with van der Waals surface area (Å²) in [5.41, 5.74) is 15.7. The Morgan fingerprint density at radius 1 is 1.15 bits per heavy atom. The molecule has 0 rings (SSSR count). The molecule has 0 aliphatic carbocycles. The summed E-state index contributed by atoms with van der Waals surface area (Å²) in [6, 6.07) is 0. The number of azide groups is 2. The minimum absolute atomic E-state index is 0.250. The van der Waals surface area contributed by atoms with Crippen LogP contribution < -0.4 is 0 Å². The standard InChI is InChI=1S/C4H8N6.CH2O2/c5-9-7-3-1-2-4-8-10-6;2-1-3/h1-4H2;1H,(H,2,3). The predicted molar refractivity (Wildman–Crippen MR) is 46.0 cm³/mol. The topological polar surface area (TPSA) is 135 Å². The number of carbonyl (C=O) groups is 1. The first-order valence-electron chi connectivity index (χ1n) is 3.43. The summed E-state index contributed by atoms with van der Waals surface area (Å²) in [4.78, 5) is 13.5. The van der Waals surface area contributed by atoms with Gasteiger partial charge in [-0.15, -0.1) is 0 Å². The molecule has 0 heterocycles. The molecule has 0 atom stereocenters. The lowest BCUT2D eigenvalue weighted by Crippen LogP contribution is -1.82. The minimum Gasteiger partial charge on any atom is -0.483 e. The lowest BCUT2D eigenvalue weighted by molar-refractivity contribution is -0.122. The maximum Gasteiger partial charge on any atom is 0.290 e. The van der Waals surface area contributed by atoms with Gasteiger partial charge in [-0.25, -0.2) is 0 Å². The van der Waals surface area contributed by atoms with E-state index in [0.29, 0.717) is 13.1 Å². The van der Waals surface area contributed by atoms with Crippen molar-refractivity contribution in [1.82, 2.24) is 0 Å². The van der Waals surface area contributed by atoms with Crippen molar-refractivity contribution in [1.29, 1.82) is 0 Å². The van der Waals surface area contributed by atoms with Crippen molar-refractivity contribution in [2.24, 2.45) is 10.2 Å². The number of hydrogen-bond acceptors (Lipinski definition) is 3. The molecule has 0 aromatic heterocycles. The molecule has 0 bridgehead atoms. The second-order valence-corrected chi connectivity index (χ2v) is 1.72. The third kappa shape index (κ3) is 25.5. The Morgan fingerprint density at radius 2 is 1.46 bits per heavy atom. The molecule has 1 N–H and O–H groups in total. The molecule has 8 heteroatoms. The molecule has 0 aliphatic rings. The third-order valence-corrected chi connectivity index (χ3v) is 0.893. The Kier molecular flexibility index (Phi) is 17.4. The van der Waals surface area contributed by atoms with Crippen LogP contribution in [0.1, 0.15) is 12.8 Å².